The van der Waals surface area contributed by atoms with Crippen LogP contribution in [-0.4, -0.2) is 65.9 Å². The molecule has 234 valence electrons. The molecule has 1 spiro atoms. The molecule has 0 aliphatic carbocycles. The van der Waals surface area contributed by atoms with Crippen molar-refractivity contribution < 1.29 is 17.9 Å². The van der Waals surface area contributed by atoms with Crippen LogP contribution in [0.15, 0.2) is 56.9 Å². The molecular weight excluding hydrogens is 582 g/mol. The van der Waals surface area contributed by atoms with Crippen molar-refractivity contribution in [1.29, 1.82) is 0 Å². The number of piperidine rings is 2. The fourth-order valence-electron chi connectivity index (χ4n) is 6.95. The molecule has 0 radical (unpaired) electrons. The molecule has 1 amide bonds. The minimum absolute atomic E-state index is 0.0795. The number of fused-ring (bicyclic) bond motifs is 1. The predicted molar refractivity (Wildman–Crippen MR) is 167 cm³/mol. The van der Waals surface area contributed by atoms with Gasteiger partial charge >= 0.3 is 5.69 Å². The minimum Gasteiger partial charge on any atom is -0.487 e. The Bertz CT molecular complexity index is 1810. The SMILES string of the molecule is Cc1[nH]c(=O)[nH]c(=O)c1S(=O)(=O)Nc1ccccc1C(=O)N1CCC2(CCN(Cc3cccc4c3OC(C)(C)C4)CC2)CC1. The first-order valence-corrected chi connectivity index (χ1v) is 16.6. The molecular formula is C32H39N5O6S. The number of anilines is 1. The van der Waals surface area contributed by atoms with E-state index in [9.17, 15) is 22.8 Å². The van der Waals surface area contributed by atoms with Gasteiger partial charge in [0.2, 0.25) is 0 Å². The van der Waals surface area contributed by atoms with Crippen LogP contribution in [0.25, 0.3) is 0 Å². The number of para-hydroxylation sites is 2. The largest absolute Gasteiger partial charge is 0.487 e. The number of ether oxygens (including phenoxy) is 1. The van der Waals surface area contributed by atoms with E-state index in [0.29, 0.717) is 13.1 Å². The van der Waals surface area contributed by atoms with E-state index < -0.39 is 26.2 Å². The summed E-state index contributed by atoms with van der Waals surface area (Å²) < 4.78 is 35.0. The lowest BCUT2D eigenvalue weighted by atomic mass is 9.71. The fraction of sp³-hybridized carbons (Fsp3) is 0.469. The number of hydrogen-bond donors (Lipinski definition) is 3. The number of aryl methyl sites for hydroxylation is 1. The number of aromatic amines is 2. The number of likely N-dealkylation sites (tertiary alicyclic amines) is 2. The van der Waals surface area contributed by atoms with E-state index in [4.69, 9.17) is 4.74 Å². The average Bonchev–Trinajstić information content (AvgIpc) is 3.28. The molecule has 2 aromatic carbocycles. The second kappa shape index (κ2) is 11.2. The number of hydrogen-bond acceptors (Lipinski definition) is 7. The third-order valence-corrected chi connectivity index (χ3v) is 10.9. The van der Waals surface area contributed by atoms with Gasteiger partial charge in [-0.25, -0.2) is 13.2 Å². The number of benzene rings is 2. The van der Waals surface area contributed by atoms with Crippen molar-refractivity contribution in [3.63, 3.8) is 0 Å². The van der Waals surface area contributed by atoms with Gasteiger partial charge in [0.15, 0.2) is 4.90 Å². The van der Waals surface area contributed by atoms with Gasteiger partial charge in [-0.1, -0.05) is 30.3 Å². The highest BCUT2D eigenvalue weighted by atomic mass is 32.2. The summed E-state index contributed by atoms with van der Waals surface area (Å²) >= 11 is 0. The topological polar surface area (TPSA) is 145 Å². The molecule has 44 heavy (non-hydrogen) atoms. The molecule has 2 saturated heterocycles. The predicted octanol–water partition coefficient (Wildman–Crippen LogP) is 3.40. The Labute approximate surface area is 256 Å². The van der Waals surface area contributed by atoms with Gasteiger partial charge in [0.25, 0.3) is 21.5 Å². The smallest absolute Gasteiger partial charge is 0.325 e. The van der Waals surface area contributed by atoms with Gasteiger partial charge in [-0.15, -0.1) is 0 Å². The van der Waals surface area contributed by atoms with E-state index in [-0.39, 0.29) is 33.9 Å². The minimum atomic E-state index is -4.38. The van der Waals surface area contributed by atoms with Gasteiger partial charge in [-0.3, -0.25) is 24.2 Å². The summed E-state index contributed by atoms with van der Waals surface area (Å²) in [4.78, 5) is 45.4. The van der Waals surface area contributed by atoms with Crippen LogP contribution >= 0.6 is 0 Å². The molecule has 12 heteroatoms. The molecule has 3 N–H and O–H groups in total. The van der Waals surface area contributed by atoms with E-state index in [1.807, 2.05) is 4.98 Å². The van der Waals surface area contributed by atoms with Crippen LogP contribution in [0.3, 0.4) is 0 Å². The number of sulfonamides is 1. The number of rotatable bonds is 6. The number of aromatic nitrogens is 2. The molecule has 0 unspecified atom stereocenters. The highest BCUT2D eigenvalue weighted by Gasteiger charge is 2.40. The Morgan fingerprint density at radius 3 is 2.34 bits per heavy atom. The molecule has 1 aromatic heterocycles. The number of carbonyl (C=O) groups excluding carboxylic acids is 1. The zero-order valence-corrected chi connectivity index (χ0v) is 26.2. The van der Waals surface area contributed by atoms with Gasteiger partial charge in [0.1, 0.15) is 11.4 Å². The quantitative estimate of drug-likeness (QED) is 0.383. The van der Waals surface area contributed by atoms with Crippen molar-refractivity contribution >= 4 is 21.6 Å². The van der Waals surface area contributed by atoms with Crippen molar-refractivity contribution in [2.75, 3.05) is 30.9 Å². The van der Waals surface area contributed by atoms with E-state index >= 15 is 0 Å². The first kappa shape index (κ1) is 30.1. The van der Waals surface area contributed by atoms with Crippen LogP contribution in [0.5, 0.6) is 5.75 Å². The van der Waals surface area contributed by atoms with Crippen LogP contribution in [0.2, 0.25) is 0 Å². The van der Waals surface area contributed by atoms with Gasteiger partial charge < -0.3 is 14.6 Å². The Hall–Kier alpha value is -3.90. The highest BCUT2D eigenvalue weighted by molar-refractivity contribution is 7.92. The molecule has 6 rings (SSSR count). The summed E-state index contributed by atoms with van der Waals surface area (Å²) in [6, 6.07) is 12.8. The monoisotopic (exact) mass is 621 g/mol. The normalized spacial score (nSPS) is 19.4. The van der Waals surface area contributed by atoms with Crippen LogP contribution in [-0.2, 0) is 23.0 Å². The number of nitrogens with zero attached hydrogens (tertiary/aromatic N) is 2. The van der Waals surface area contributed by atoms with Crippen molar-refractivity contribution in [3.05, 3.63) is 85.7 Å². The molecule has 3 aliphatic heterocycles. The number of carbonyl (C=O) groups is 1. The van der Waals surface area contributed by atoms with Gasteiger partial charge in [0, 0.05) is 37.3 Å². The fourth-order valence-corrected chi connectivity index (χ4v) is 8.27. The van der Waals surface area contributed by atoms with Gasteiger partial charge in [0.05, 0.1) is 11.3 Å². The molecule has 0 atom stereocenters. The zero-order valence-electron chi connectivity index (χ0n) is 25.4. The number of nitrogens with one attached hydrogen (secondary N) is 3. The van der Waals surface area contributed by atoms with Crippen LogP contribution in [0.4, 0.5) is 5.69 Å². The molecule has 0 saturated carbocycles. The maximum atomic E-state index is 13.6. The summed E-state index contributed by atoms with van der Waals surface area (Å²) in [6.07, 6.45) is 4.86. The molecule has 4 heterocycles. The molecule has 3 aromatic rings. The summed E-state index contributed by atoms with van der Waals surface area (Å²) in [6.45, 7) is 9.64. The van der Waals surface area contributed by atoms with E-state index in [1.165, 1.54) is 24.1 Å². The second-order valence-electron chi connectivity index (χ2n) is 13.0. The van der Waals surface area contributed by atoms with Crippen molar-refractivity contribution in [2.24, 2.45) is 5.41 Å². The Balaban J connectivity index is 1.08. The molecule has 0 bridgehead atoms. The lowest BCUT2D eigenvalue weighted by Crippen LogP contribution is -2.48. The zero-order chi connectivity index (χ0) is 31.3. The van der Waals surface area contributed by atoms with Crippen molar-refractivity contribution in [3.8, 4) is 5.75 Å². The molecule has 3 aliphatic rings. The third kappa shape index (κ3) is 5.92. The number of amides is 1. The molecule has 11 nitrogen and oxygen atoms in total. The Kier molecular flexibility index (Phi) is 7.69. The van der Waals surface area contributed by atoms with Crippen LogP contribution < -0.4 is 20.7 Å². The maximum absolute atomic E-state index is 13.6. The average molecular weight is 622 g/mol. The first-order valence-electron chi connectivity index (χ1n) is 15.1. The first-order chi connectivity index (χ1) is 20.8. The third-order valence-electron chi connectivity index (χ3n) is 9.34. The van der Waals surface area contributed by atoms with Gasteiger partial charge in [-0.05, 0) is 82.7 Å². The van der Waals surface area contributed by atoms with E-state index in [2.05, 4.69) is 46.7 Å². The lowest BCUT2D eigenvalue weighted by molar-refractivity contribution is 0.0282. The Morgan fingerprint density at radius 2 is 1.64 bits per heavy atom. The Morgan fingerprint density at radius 1 is 0.955 bits per heavy atom. The van der Waals surface area contributed by atoms with Crippen molar-refractivity contribution in [1.82, 2.24) is 19.8 Å². The van der Waals surface area contributed by atoms with Crippen LogP contribution in [0.1, 0.15) is 66.7 Å². The van der Waals surface area contributed by atoms with E-state index in [0.717, 1.165) is 57.5 Å². The summed E-state index contributed by atoms with van der Waals surface area (Å²) in [5.74, 6) is 0.788. The summed E-state index contributed by atoms with van der Waals surface area (Å²) in [7, 11) is -4.38. The second-order valence-corrected chi connectivity index (χ2v) is 14.6. The standard InChI is InChI=1S/C32H39N5O6S/c1-21-27(28(38)34-30(40)33-21)44(41,42)35-25-10-5-4-9-24(25)29(39)37-17-13-32(14-18-37)11-15-36(16-12-32)20-23-8-6-7-22-19-31(2,3)43-26(22)23/h4-10,35H,11-20H2,1-3H3,(H2,33,34,38,40). The van der Waals surface area contributed by atoms with Crippen molar-refractivity contribution in [2.45, 2.75) is 69.9 Å². The summed E-state index contributed by atoms with van der Waals surface area (Å²) in [5, 5.41) is 0. The number of H-pyrrole nitrogens is 2. The van der Waals surface area contributed by atoms with Gasteiger partial charge in [-0.2, -0.15) is 0 Å². The maximum Gasteiger partial charge on any atom is 0.325 e. The highest BCUT2D eigenvalue weighted by Crippen LogP contribution is 2.43. The summed E-state index contributed by atoms with van der Waals surface area (Å²) in [5.41, 5.74) is 0.931. The molecule has 2 fully saturated rings. The van der Waals surface area contributed by atoms with E-state index in [1.54, 1.807) is 23.1 Å². The van der Waals surface area contributed by atoms with Crippen LogP contribution in [0, 0.1) is 12.3 Å². The lowest BCUT2D eigenvalue weighted by Gasteiger charge is -2.47.